The molecule has 0 aromatic carbocycles. The Morgan fingerprint density at radius 1 is 1.63 bits per heavy atom. The average molecular weight is 265 g/mol. The van der Waals surface area contributed by atoms with Crippen LogP contribution in [0.3, 0.4) is 0 Å². The number of ether oxygens (including phenoxy) is 2. The molecular formula is C14H19NO4. The summed E-state index contributed by atoms with van der Waals surface area (Å²) < 4.78 is 11.0. The third kappa shape index (κ3) is 1.57. The van der Waals surface area contributed by atoms with Crippen molar-refractivity contribution in [2.45, 2.75) is 38.5 Å². The van der Waals surface area contributed by atoms with Crippen LogP contribution in [0.4, 0.5) is 0 Å². The molecule has 3 aliphatic rings. The van der Waals surface area contributed by atoms with E-state index in [1.165, 1.54) is 0 Å². The third-order valence-corrected chi connectivity index (χ3v) is 4.31. The molecule has 2 saturated heterocycles. The quantitative estimate of drug-likeness (QED) is 0.558. The Balaban J connectivity index is 1.93. The summed E-state index contributed by atoms with van der Waals surface area (Å²) in [6.07, 6.45) is 3.55. The number of nitrogens with zero attached hydrogens (tertiary/aromatic N) is 1. The minimum absolute atomic E-state index is 0.0138. The summed E-state index contributed by atoms with van der Waals surface area (Å²) in [4.78, 5) is 26.4. The lowest BCUT2D eigenvalue weighted by molar-refractivity contribution is -0.153. The largest absolute Gasteiger partial charge is 0.466 e. The van der Waals surface area contributed by atoms with Crippen molar-refractivity contribution in [3.05, 3.63) is 12.2 Å². The Bertz CT molecular complexity index is 458. The first-order valence-corrected chi connectivity index (χ1v) is 6.84. The summed E-state index contributed by atoms with van der Waals surface area (Å²) in [5.41, 5.74) is -0.608. The first-order chi connectivity index (χ1) is 9.00. The van der Waals surface area contributed by atoms with Gasteiger partial charge < -0.3 is 14.4 Å². The minimum atomic E-state index is -0.608. The van der Waals surface area contributed by atoms with Crippen molar-refractivity contribution < 1.29 is 19.1 Å². The monoisotopic (exact) mass is 265 g/mol. The summed E-state index contributed by atoms with van der Waals surface area (Å²) in [5, 5.41) is 0. The lowest BCUT2D eigenvalue weighted by Gasteiger charge is -2.24. The zero-order chi connectivity index (χ0) is 13.8. The summed E-state index contributed by atoms with van der Waals surface area (Å²) in [5.74, 6) is -1.20. The van der Waals surface area contributed by atoms with Crippen LogP contribution in [0, 0.1) is 11.8 Å². The minimum Gasteiger partial charge on any atom is -0.466 e. The van der Waals surface area contributed by atoms with Crippen LogP contribution < -0.4 is 0 Å². The first kappa shape index (κ1) is 12.7. The van der Waals surface area contributed by atoms with Crippen molar-refractivity contribution in [1.82, 2.24) is 4.90 Å². The number of fused-ring (bicyclic) bond motifs is 1. The fraction of sp³-hybridized carbons (Fsp3) is 0.714. The molecule has 5 nitrogen and oxygen atoms in total. The normalized spacial score (nSPS) is 39.3. The van der Waals surface area contributed by atoms with E-state index in [-0.39, 0.29) is 24.0 Å². The Morgan fingerprint density at radius 3 is 3.00 bits per heavy atom. The third-order valence-electron chi connectivity index (χ3n) is 4.31. The molecule has 1 amide bonds. The second-order valence-corrected chi connectivity index (χ2v) is 5.71. The maximum absolute atomic E-state index is 12.5. The molecule has 0 aromatic heterocycles. The zero-order valence-electron chi connectivity index (χ0n) is 11.5. The fourth-order valence-electron chi connectivity index (χ4n) is 3.47. The molecule has 0 saturated carbocycles. The van der Waals surface area contributed by atoms with E-state index in [0.29, 0.717) is 13.2 Å². The van der Waals surface area contributed by atoms with Crippen LogP contribution in [0.25, 0.3) is 0 Å². The van der Waals surface area contributed by atoms with E-state index in [0.717, 1.165) is 0 Å². The number of rotatable bonds is 3. The molecule has 2 bridgehead atoms. The molecule has 4 atom stereocenters. The van der Waals surface area contributed by atoms with Crippen molar-refractivity contribution in [2.75, 3.05) is 13.2 Å². The smallest absolute Gasteiger partial charge is 0.312 e. The van der Waals surface area contributed by atoms with Crippen molar-refractivity contribution in [3.63, 3.8) is 0 Å². The van der Waals surface area contributed by atoms with Gasteiger partial charge in [-0.2, -0.15) is 0 Å². The highest BCUT2D eigenvalue weighted by atomic mass is 16.6. The molecule has 3 aliphatic heterocycles. The number of carbonyl (C=O) groups is 2. The van der Waals surface area contributed by atoms with E-state index >= 15 is 0 Å². The SMILES string of the molecule is CCOC(=O)[C@H]1[C@H]2C(=O)N(C(C)C)C[C@@]23C=C[C@H]1O3. The zero-order valence-corrected chi connectivity index (χ0v) is 11.5. The molecule has 3 heterocycles. The summed E-state index contributed by atoms with van der Waals surface area (Å²) in [6, 6.07) is 0.117. The molecule has 19 heavy (non-hydrogen) atoms. The maximum Gasteiger partial charge on any atom is 0.312 e. The molecule has 2 fully saturated rings. The Labute approximate surface area is 112 Å². The molecule has 104 valence electrons. The van der Waals surface area contributed by atoms with Crippen LogP contribution in [0.2, 0.25) is 0 Å². The second kappa shape index (κ2) is 4.07. The highest BCUT2D eigenvalue weighted by Gasteiger charge is 2.67. The van der Waals surface area contributed by atoms with Gasteiger partial charge in [0.15, 0.2) is 0 Å². The van der Waals surface area contributed by atoms with Gasteiger partial charge in [0.1, 0.15) is 11.5 Å². The predicted octanol–water partition coefficient (Wildman–Crippen LogP) is 0.740. The molecule has 0 radical (unpaired) electrons. The average Bonchev–Trinajstić information content (AvgIpc) is 2.98. The summed E-state index contributed by atoms with van der Waals surface area (Å²) in [6.45, 7) is 6.59. The van der Waals surface area contributed by atoms with Crippen LogP contribution in [0.15, 0.2) is 12.2 Å². The van der Waals surface area contributed by atoms with E-state index in [9.17, 15) is 9.59 Å². The van der Waals surface area contributed by atoms with Crippen molar-refractivity contribution in [2.24, 2.45) is 11.8 Å². The van der Waals surface area contributed by atoms with Gasteiger partial charge in [-0.3, -0.25) is 9.59 Å². The van der Waals surface area contributed by atoms with Gasteiger partial charge in [0, 0.05) is 6.04 Å². The molecular weight excluding hydrogens is 246 g/mol. The number of hydrogen-bond donors (Lipinski definition) is 0. The van der Waals surface area contributed by atoms with Gasteiger partial charge in [0.05, 0.1) is 25.2 Å². The van der Waals surface area contributed by atoms with Crippen molar-refractivity contribution in [1.29, 1.82) is 0 Å². The van der Waals surface area contributed by atoms with Crippen molar-refractivity contribution >= 4 is 11.9 Å². The van der Waals surface area contributed by atoms with Crippen LogP contribution in [-0.2, 0) is 19.1 Å². The highest BCUT2D eigenvalue weighted by Crippen LogP contribution is 2.52. The van der Waals surface area contributed by atoms with Gasteiger partial charge in [-0.1, -0.05) is 12.2 Å². The van der Waals surface area contributed by atoms with Crippen LogP contribution in [0.5, 0.6) is 0 Å². The van der Waals surface area contributed by atoms with E-state index in [1.807, 2.05) is 26.0 Å². The number of likely N-dealkylation sites (tertiary alicyclic amines) is 1. The van der Waals surface area contributed by atoms with Crippen LogP contribution >= 0.6 is 0 Å². The molecule has 0 N–H and O–H groups in total. The van der Waals surface area contributed by atoms with Gasteiger partial charge in [-0.15, -0.1) is 0 Å². The van der Waals surface area contributed by atoms with E-state index in [1.54, 1.807) is 11.8 Å². The summed E-state index contributed by atoms with van der Waals surface area (Å²) in [7, 11) is 0. The molecule has 0 aromatic rings. The Hall–Kier alpha value is -1.36. The molecule has 0 aliphatic carbocycles. The highest BCUT2D eigenvalue weighted by molar-refractivity contribution is 5.91. The predicted molar refractivity (Wildman–Crippen MR) is 67.2 cm³/mol. The number of carbonyl (C=O) groups excluding carboxylic acids is 2. The Kier molecular flexibility index (Phi) is 2.71. The van der Waals surface area contributed by atoms with Crippen LogP contribution in [0.1, 0.15) is 20.8 Å². The molecule has 1 spiro atoms. The lowest BCUT2D eigenvalue weighted by Crippen LogP contribution is -2.40. The number of hydrogen-bond acceptors (Lipinski definition) is 4. The standard InChI is InChI=1S/C14H19NO4/c1-4-18-13(17)10-9-5-6-14(19-9)7-15(8(2)3)12(16)11(10)14/h5-6,8-11H,4,7H2,1-3H3/t9-,10-,11+,14+/m1/s1. The van der Waals surface area contributed by atoms with Gasteiger partial charge in [-0.25, -0.2) is 0 Å². The van der Waals surface area contributed by atoms with Gasteiger partial charge in [0.2, 0.25) is 5.91 Å². The number of esters is 1. The topological polar surface area (TPSA) is 55.8 Å². The van der Waals surface area contributed by atoms with E-state index in [2.05, 4.69) is 0 Å². The fourth-order valence-corrected chi connectivity index (χ4v) is 3.47. The van der Waals surface area contributed by atoms with Gasteiger partial charge in [-0.05, 0) is 20.8 Å². The molecule has 0 unspecified atom stereocenters. The van der Waals surface area contributed by atoms with Crippen molar-refractivity contribution in [3.8, 4) is 0 Å². The summed E-state index contributed by atoms with van der Waals surface area (Å²) >= 11 is 0. The number of amides is 1. The Morgan fingerprint density at radius 2 is 2.37 bits per heavy atom. The molecule has 3 rings (SSSR count). The van der Waals surface area contributed by atoms with Crippen LogP contribution in [-0.4, -0.2) is 47.7 Å². The lowest BCUT2D eigenvalue weighted by atomic mass is 9.77. The first-order valence-electron chi connectivity index (χ1n) is 6.84. The van der Waals surface area contributed by atoms with Gasteiger partial charge >= 0.3 is 5.97 Å². The second-order valence-electron chi connectivity index (χ2n) is 5.71. The maximum atomic E-state index is 12.5. The van der Waals surface area contributed by atoms with Gasteiger partial charge in [0.25, 0.3) is 0 Å². The van der Waals surface area contributed by atoms with E-state index < -0.39 is 17.4 Å². The van der Waals surface area contributed by atoms with E-state index in [4.69, 9.17) is 9.47 Å². The molecule has 5 heteroatoms.